The normalized spacial score (nSPS) is 19.2. The van der Waals surface area contributed by atoms with Crippen molar-refractivity contribution in [1.82, 2.24) is 24.7 Å². The monoisotopic (exact) mass is 450 g/mol. The van der Waals surface area contributed by atoms with Gasteiger partial charge in [-0.05, 0) is 37.5 Å². The second-order valence-electron chi connectivity index (χ2n) is 7.52. The molecule has 1 amide bonds. The number of nitrogens with one attached hydrogen (secondary N) is 3. The van der Waals surface area contributed by atoms with Crippen LogP contribution in [0.2, 0.25) is 0 Å². The number of thioether (sulfide) groups is 1. The van der Waals surface area contributed by atoms with E-state index in [0.717, 1.165) is 0 Å². The third-order valence-corrected chi connectivity index (χ3v) is 8.13. The summed E-state index contributed by atoms with van der Waals surface area (Å²) in [5.74, 6) is 0.998. The summed E-state index contributed by atoms with van der Waals surface area (Å²) >= 11 is 1.28. The number of aromatic amines is 2. The van der Waals surface area contributed by atoms with Gasteiger partial charge in [0, 0.05) is 19.2 Å². The lowest BCUT2D eigenvalue weighted by atomic mass is 10.1. The van der Waals surface area contributed by atoms with Crippen molar-refractivity contribution in [3.8, 4) is 0 Å². The maximum atomic E-state index is 12.6. The van der Waals surface area contributed by atoms with Gasteiger partial charge in [0.1, 0.15) is 5.82 Å². The maximum absolute atomic E-state index is 12.6. The van der Waals surface area contributed by atoms with Crippen LogP contribution in [-0.2, 0) is 28.1 Å². The summed E-state index contributed by atoms with van der Waals surface area (Å²) in [6.45, 7) is 1.77. The summed E-state index contributed by atoms with van der Waals surface area (Å²) in [5.41, 5.74) is 1.56. The predicted octanol–water partition coefficient (Wildman–Crippen LogP) is 1.08. The number of sulfone groups is 1. The summed E-state index contributed by atoms with van der Waals surface area (Å²) in [6, 6.07) is 5.13. The van der Waals surface area contributed by atoms with Gasteiger partial charge in [-0.1, -0.05) is 11.8 Å². The van der Waals surface area contributed by atoms with Crippen molar-refractivity contribution in [3.05, 3.63) is 34.5 Å². The number of carbonyl (C=O) groups is 1. The molecule has 1 aromatic carbocycles. The van der Waals surface area contributed by atoms with Gasteiger partial charge < -0.3 is 19.9 Å². The molecule has 2 aromatic heterocycles. The molecule has 2 atom stereocenters. The Kier molecular flexibility index (Phi) is 5.45. The molecule has 3 N–H and O–H groups in total. The van der Waals surface area contributed by atoms with Crippen LogP contribution in [-0.4, -0.2) is 55.8 Å². The van der Waals surface area contributed by atoms with Crippen molar-refractivity contribution in [1.29, 1.82) is 0 Å². The second kappa shape index (κ2) is 7.91. The number of hydrogen-bond donors (Lipinski definition) is 3. The fraction of sp³-hybridized carbons (Fsp3) is 0.444. The van der Waals surface area contributed by atoms with Gasteiger partial charge >= 0.3 is 5.69 Å². The van der Waals surface area contributed by atoms with Gasteiger partial charge in [0.05, 0.1) is 27.8 Å². The molecular formula is C18H22N6O4S2. The van der Waals surface area contributed by atoms with E-state index < -0.39 is 15.1 Å². The number of hydrogen-bond acceptors (Lipinski definition) is 7. The largest absolute Gasteiger partial charge is 0.325 e. The van der Waals surface area contributed by atoms with Crippen molar-refractivity contribution in [2.75, 3.05) is 16.8 Å². The lowest BCUT2D eigenvalue weighted by Gasteiger charge is -2.12. The number of imidazole rings is 1. The smallest absolute Gasteiger partial charge is 0.323 e. The number of aromatic nitrogens is 5. The van der Waals surface area contributed by atoms with Crippen molar-refractivity contribution < 1.29 is 13.2 Å². The molecule has 0 bridgehead atoms. The highest BCUT2D eigenvalue weighted by Gasteiger charge is 2.29. The minimum absolute atomic E-state index is 0.0614. The fourth-order valence-corrected chi connectivity index (χ4v) is 6.18. The molecule has 10 nitrogen and oxygen atoms in total. The molecule has 1 aliphatic rings. The highest BCUT2D eigenvalue weighted by atomic mass is 32.2. The van der Waals surface area contributed by atoms with Crippen LogP contribution in [0.5, 0.6) is 0 Å². The fourth-order valence-electron chi connectivity index (χ4n) is 3.48. The zero-order valence-corrected chi connectivity index (χ0v) is 18.1. The second-order valence-corrected chi connectivity index (χ2v) is 11.1. The Hall–Kier alpha value is -2.60. The number of carbonyl (C=O) groups excluding carboxylic acids is 1. The van der Waals surface area contributed by atoms with Crippen LogP contribution in [0.4, 0.5) is 5.69 Å². The number of H-pyrrole nitrogens is 2. The first kappa shape index (κ1) is 20.7. The molecular weight excluding hydrogens is 428 g/mol. The molecule has 0 radical (unpaired) electrons. The van der Waals surface area contributed by atoms with Gasteiger partial charge in [0.15, 0.2) is 15.0 Å². The van der Waals surface area contributed by atoms with Gasteiger partial charge in [-0.2, -0.15) is 0 Å². The van der Waals surface area contributed by atoms with E-state index in [1.807, 2.05) is 11.6 Å². The summed E-state index contributed by atoms with van der Waals surface area (Å²) < 4.78 is 25.1. The summed E-state index contributed by atoms with van der Waals surface area (Å²) in [7, 11) is -1.11. The predicted molar refractivity (Wildman–Crippen MR) is 114 cm³/mol. The van der Waals surface area contributed by atoms with Crippen LogP contribution in [0, 0.1) is 5.92 Å². The quantitative estimate of drug-likeness (QED) is 0.477. The van der Waals surface area contributed by atoms with E-state index in [0.29, 0.717) is 40.5 Å². The molecule has 160 valence electrons. The Morgan fingerprint density at radius 2 is 2.10 bits per heavy atom. The summed E-state index contributed by atoms with van der Waals surface area (Å²) in [5, 5.41) is 11.4. The molecule has 3 heterocycles. The lowest BCUT2D eigenvalue weighted by Crippen LogP contribution is -2.22. The van der Waals surface area contributed by atoms with Crippen molar-refractivity contribution >= 4 is 44.2 Å². The first-order valence-electron chi connectivity index (χ1n) is 9.48. The third-order valence-electron chi connectivity index (χ3n) is 5.16. The molecule has 2 unspecified atom stereocenters. The van der Waals surface area contributed by atoms with E-state index in [1.54, 1.807) is 25.1 Å². The Morgan fingerprint density at radius 3 is 2.83 bits per heavy atom. The van der Waals surface area contributed by atoms with Gasteiger partial charge in [-0.15, -0.1) is 10.2 Å². The highest BCUT2D eigenvalue weighted by Crippen LogP contribution is 2.26. The number of rotatable bonds is 6. The minimum atomic E-state index is -2.93. The van der Waals surface area contributed by atoms with Crippen LogP contribution in [0.25, 0.3) is 11.0 Å². The average Bonchev–Trinajstić information content (AvgIpc) is 3.32. The molecule has 1 fully saturated rings. The molecule has 12 heteroatoms. The van der Waals surface area contributed by atoms with Crippen molar-refractivity contribution in [3.63, 3.8) is 0 Å². The van der Waals surface area contributed by atoms with Crippen LogP contribution < -0.4 is 11.0 Å². The van der Waals surface area contributed by atoms with E-state index in [4.69, 9.17) is 0 Å². The van der Waals surface area contributed by atoms with Gasteiger partial charge in [0.2, 0.25) is 5.91 Å². The van der Waals surface area contributed by atoms with E-state index >= 15 is 0 Å². The molecule has 3 aromatic rings. The minimum Gasteiger partial charge on any atom is -0.325 e. The summed E-state index contributed by atoms with van der Waals surface area (Å²) in [6.07, 6.45) is 1.20. The van der Waals surface area contributed by atoms with E-state index in [2.05, 4.69) is 25.5 Å². The van der Waals surface area contributed by atoms with E-state index in [9.17, 15) is 18.0 Å². The van der Waals surface area contributed by atoms with Crippen LogP contribution >= 0.6 is 11.8 Å². The van der Waals surface area contributed by atoms with Crippen LogP contribution in [0.1, 0.15) is 19.2 Å². The molecule has 4 rings (SSSR count). The average molecular weight is 451 g/mol. The Balaban J connectivity index is 1.39. The molecule has 0 aliphatic carbocycles. The first-order chi connectivity index (χ1) is 14.2. The highest BCUT2D eigenvalue weighted by molar-refractivity contribution is 8.00. The van der Waals surface area contributed by atoms with Gasteiger partial charge in [0.25, 0.3) is 0 Å². The number of nitrogens with zero attached hydrogens (tertiary/aromatic N) is 3. The van der Waals surface area contributed by atoms with Gasteiger partial charge in [-0.3, -0.25) is 4.79 Å². The molecule has 0 saturated carbocycles. The molecule has 30 heavy (non-hydrogen) atoms. The van der Waals surface area contributed by atoms with Crippen molar-refractivity contribution in [2.45, 2.75) is 30.2 Å². The van der Waals surface area contributed by atoms with Crippen LogP contribution in [0.3, 0.4) is 0 Å². The number of fused-ring (bicyclic) bond motifs is 1. The number of benzene rings is 1. The number of anilines is 1. The first-order valence-corrected chi connectivity index (χ1v) is 12.2. The lowest BCUT2D eigenvalue weighted by molar-refractivity contribution is -0.115. The zero-order chi connectivity index (χ0) is 21.5. The summed E-state index contributed by atoms with van der Waals surface area (Å²) in [4.78, 5) is 29.3. The van der Waals surface area contributed by atoms with Crippen molar-refractivity contribution in [2.24, 2.45) is 13.0 Å². The topological polar surface area (TPSA) is 143 Å². The maximum Gasteiger partial charge on any atom is 0.323 e. The Morgan fingerprint density at radius 1 is 1.33 bits per heavy atom. The SMILES string of the molecule is CC(Sc1nnc(CC2CCS(=O)(=O)C2)n1C)C(=O)Nc1ccc2[nH]c(=O)[nH]c2c1. The molecule has 1 saturated heterocycles. The third kappa shape index (κ3) is 4.43. The molecule has 1 aliphatic heterocycles. The van der Waals surface area contributed by atoms with E-state index in [1.165, 1.54) is 11.8 Å². The van der Waals surface area contributed by atoms with Gasteiger partial charge in [-0.25, -0.2) is 13.2 Å². The number of amides is 1. The van der Waals surface area contributed by atoms with E-state index in [-0.39, 0.29) is 29.0 Å². The molecule has 0 spiro atoms. The standard InChI is InChI=1S/C18H22N6O4S2/c1-10(16(25)19-12-3-4-13-14(8-12)21-17(26)20-13)29-18-23-22-15(24(18)2)7-11-5-6-30(27,28)9-11/h3-4,8,10-11H,5-7,9H2,1-2H3,(H,19,25)(H2,20,21,26). The zero-order valence-electron chi connectivity index (χ0n) is 16.5. The van der Waals surface area contributed by atoms with Crippen LogP contribution in [0.15, 0.2) is 28.2 Å². The Bertz CT molecular complexity index is 1260. The Labute approximate surface area is 176 Å².